The van der Waals surface area contributed by atoms with E-state index in [2.05, 4.69) is 5.10 Å². The van der Waals surface area contributed by atoms with E-state index in [1.165, 1.54) is 0 Å². The number of primary amides is 1. The number of piperidine rings is 1. The van der Waals surface area contributed by atoms with Gasteiger partial charge in [0.1, 0.15) is 0 Å². The number of carbonyl (C=O) groups excluding carboxylic acids is 2. The minimum atomic E-state index is -0.323. The van der Waals surface area contributed by atoms with Gasteiger partial charge in [-0.1, -0.05) is 18.2 Å². The molecule has 1 saturated heterocycles. The van der Waals surface area contributed by atoms with Crippen LogP contribution in [0.5, 0.6) is 0 Å². The number of likely N-dealkylation sites (tertiary alicyclic amines) is 1. The Bertz CT molecular complexity index is 726. The van der Waals surface area contributed by atoms with Gasteiger partial charge >= 0.3 is 0 Å². The minimum absolute atomic E-state index is 0.0149. The van der Waals surface area contributed by atoms with Gasteiger partial charge in [-0.3, -0.25) is 9.59 Å². The van der Waals surface area contributed by atoms with Gasteiger partial charge in [-0.15, -0.1) is 0 Å². The molecule has 2 N–H and O–H groups in total. The van der Waals surface area contributed by atoms with Crippen molar-refractivity contribution in [3.05, 3.63) is 48.3 Å². The summed E-state index contributed by atoms with van der Waals surface area (Å²) in [5, 5.41) is 4.32. The van der Waals surface area contributed by atoms with E-state index in [1.54, 1.807) is 15.8 Å². The van der Waals surface area contributed by atoms with Crippen molar-refractivity contribution >= 4 is 11.8 Å². The molecular weight excluding hydrogens is 304 g/mol. The van der Waals surface area contributed by atoms with Crippen molar-refractivity contribution in [1.82, 2.24) is 14.7 Å². The van der Waals surface area contributed by atoms with Crippen LogP contribution in [0, 0.1) is 5.92 Å². The molecule has 0 radical (unpaired) electrons. The van der Waals surface area contributed by atoms with Gasteiger partial charge in [-0.2, -0.15) is 5.10 Å². The van der Waals surface area contributed by atoms with Crippen LogP contribution in [0.1, 0.15) is 25.3 Å². The molecule has 1 aliphatic heterocycles. The quantitative estimate of drug-likeness (QED) is 0.925. The number of para-hydroxylation sites is 1. The number of hydrogen-bond donors (Lipinski definition) is 1. The Morgan fingerprint density at radius 1 is 1.25 bits per heavy atom. The average Bonchev–Trinajstić information content (AvgIpc) is 3.04. The molecule has 1 fully saturated rings. The highest BCUT2D eigenvalue weighted by molar-refractivity contribution is 5.81. The third kappa shape index (κ3) is 3.48. The van der Waals surface area contributed by atoms with Crippen molar-refractivity contribution in [2.24, 2.45) is 11.7 Å². The summed E-state index contributed by atoms with van der Waals surface area (Å²) in [5.41, 5.74) is 7.22. The molecule has 1 aromatic carbocycles. The van der Waals surface area contributed by atoms with E-state index >= 15 is 0 Å². The first-order valence-corrected chi connectivity index (χ1v) is 8.22. The van der Waals surface area contributed by atoms with Gasteiger partial charge in [0.15, 0.2) is 0 Å². The van der Waals surface area contributed by atoms with Gasteiger partial charge in [-0.25, -0.2) is 4.68 Å². The van der Waals surface area contributed by atoms with Gasteiger partial charge in [0.05, 0.1) is 24.2 Å². The molecule has 0 spiro atoms. The van der Waals surface area contributed by atoms with Crippen molar-refractivity contribution in [2.75, 3.05) is 6.54 Å². The van der Waals surface area contributed by atoms with Crippen LogP contribution in [0.3, 0.4) is 0 Å². The number of aromatic nitrogens is 2. The summed E-state index contributed by atoms with van der Waals surface area (Å²) >= 11 is 0. The molecule has 1 aromatic heterocycles. The van der Waals surface area contributed by atoms with E-state index < -0.39 is 0 Å². The number of benzene rings is 1. The van der Waals surface area contributed by atoms with E-state index in [0.717, 1.165) is 24.1 Å². The van der Waals surface area contributed by atoms with Crippen LogP contribution in [0.4, 0.5) is 0 Å². The lowest BCUT2D eigenvalue weighted by atomic mass is 9.92. The molecule has 24 heavy (non-hydrogen) atoms. The minimum Gasteiger partial charge on any atom is -0.369 e. The molecule has 0 unspecified atom stereocenters. The van der Waals surface area contributed by atoms with Crippen molar-refractivity contribution in [1.29, 1.82) is 0 Å². The highest BCUT2D eigenvalue weighted by Gasteiger charge is 2.31. The van der Waals surface area contributed by atoms with Crippen LogP contribution in [-0.4, -0.2) is 39.1 Å². The van der Waals surface area contributed by atoms with E-state index in [1.807, 2.05) is 43.5 Å². The van der Waals surface area contributed by atoms with Crippen LogP contribution in [-0.2, 0) is 16.0 Å². The van der Waals surface area contributed by atoms with Gasteiger partial charge in [0.25, 0.3) is 0 Å². The summed E-state index contributed by atoms with van der Waals surface area (Å²) in [6.45, 7) is 2.44. The van der Waals surface area contributed by atoms with Crippen molar-refractivity contribution < 1.29 is 9.59 Å². The molecule has 0 aliphatic carbocycles. The second-order valence-corrected chi connectivity index (χ2v) is 6.38. The van der Waals surface area contributed by atoms with Gasteiger partial charge in [-0.05, 0) is 37.5 Å². The van der Waals surface area contributed by atoms with Crippen LogP contribution >= 0.6 is 0 Å². The molecule has 2 heterocycles. The second-order valence-electron chi connectivity index (χ2n) is 6.38. The molecule has 2 atom stereocenters. The lowest BCUT2D eigenvalue weighted by molar-refractivity contribution is -0.136. The first-order valence-electron chi connectivity index (χ1n) is 8.22. The van der Waals surface area contributed by atoms with Gasteiger partial charge in [0.2, 0.25) is 11.8 Å². The molecule has 126 valence electrons. The maximum Gasteiger partial charge on any atom is 0.227 e. The van der Waals surface area contributed by atoms with E-state index in [9.17, 15) is 9.59 Å². The van der Waals surface area contributed by atoms with Crippen LogP contribution < -0.4 is 5.73 Å². The number of rotatable bonds is 4. The Morgan fingerprint density at radius 3 is 2.71 bits per heavy atom. The summed E-state index contributed by atoms with van der Waals surface area (Å²) in [5.74, 6) is -0.546. The van der Waals surface area contributed by atoms with Crippen LogP contribution in [0.25, 0.3) is 5.69 Å². The van der Waals surface area contributed by atoms with Crippen molar-refractivity contribution in [2.45, 2.75) is 32.2 Å². The van der Waals surface area contributed by atoms with Crippen LogP contribution in [0.2, 0.25) is 0 Å². The van der Waals surface area contributed by atoms with Crippen molar-refractivity contribution in [3.63, 3.8) is 0 Å². The Morgan fingerprint density at radius 2 is 2.00 bits per heavy atom. The fourth-order valence-electron chi connectivity index (χ4n) is 3.14. The Kier molecular flexibility index (Phi) is 4.64. The molecule has 1 aliphatic rings. The van der Waals surface area contributed by atoms with Crippen molar-refractivity contribution in [3.8, 4) is 5.69 Å². The third-order valence-electron chi connectivity index (χ3n) is 4.62. The smallest absolute Gasteiger partial charge is 0.227 e. The summed E-state index contributed by atoms with van der Waals surface area (Å²) in [7, 11) is 0. The maximum absolute atomic E-state index is 12.6. The number of hydrogen-bond acceptors (Lipinski definition) is 3. The number of nitrogens with zero attached hydrogens (tertiary/aromatic N) is 3. The second kappa shape index (κ2) is 6.86. The van der Waals surface area contributed by atoms with E-state index in [4.69, 9.17) is 5.73 Å². The van der Waals surface area contributed by atoms with Crippen LogP contribution in [0.15, 0.2) is 42.7 Å². The topological polar surface area (TPSA) is 81.2 Å². The first-order chi connectivity index (χ1) is 11.5. The number of nitrogens with two attached hydrogens (primary N) is 1. The molecule has 2 aromatic rings. The summed E-state index contributed by atoms with van der Waals surface area (Å²) in [6.07, 6.45) is 5.43. The zero-order valence-corrected chi connectivity index (χ0v) is 13.8. The third-order valence-corrected chi connectivity index (χ3v) is 4.62. The van der Waals surface area contributed by atoms with E-state index in [-0.39, 0.29) is 30.2 Å². The summed E-state index contributed by atoms with van der Waals surface area (Å²) in [4.78, 5) is 25.8. The molecule has 3 rings (SSSR count). The Hall–Kier alpha value is -2.63. The molecule has 0 saturated carbocycles. The monoisotopic (exact) mass is 326 g/mol. The maximum atomic E-state index is 12.6. The summed E-state index contributed by atoms with van der Waals surface area (Å²) in [6, 6.07) is 9.90. The molecular formula is C18H22N4O2. The Balaban J connectivity index is 1.68. The highest BCUT2D eigenvalue weighted by Crippen LogP contribution is 2.22. The molecule has 2 amide bonds. The number of carbonyl (C=O) groups is 2. The predicted molar refractivity (Wildman–Crippen MR) is 90.4 cm³/mol. The molecule has 6 nitrogen and oxygen atoms in total. The molecule has 0 bridgehead atoms. The lowest BCUT2D eigenvalue weighted by Gasteiger charge is -2.37. The summed E-state index contributed by atoms with van der Waals surface area (Å²) < 4.78 is 1.76. The lowest BCUT2D eigenvalue weighted by Crippen LogP contribution is -2.49. The fraction of sp³-hybridized carbons (Fsp3) is 0.389. The standard InChI is InChI=1S/C18H22N4O2/c1-13-7-8-15(18(19)24)12-21(13)17(23)9-14-10-20-22(11-14)16-5-3-2-4-6-16/h2-6,10-11,13,15H,7-9,12H2,1H3,(H2,19,24)/t13-,15-/m1/s1. The van der Waals surface area contributed by atoms with E-state index in [0.29, 0.717) is 6.54 Å². The fourth-order valence-corrected chi connectivity index (χ4v) is 3.14. The predicted octanol–water partition coefficient (Wildman–Crippen LogP) is 1.53. The first kappa shape index (κ1) is 16.2. The normalized spacial score (nSPS) is 20.8. The highest BCUT2D eigenvalue weighted by atomic mass is 16.2. The SMILES string of the molecule is C[C@@H]1CC[C@@H](C(N)=O)CN1C(=O)Cc1cnn(-c2ccccc2)c1. The largest absolute Gasteiger partial charge is 0.369 e. The van der Waals surface area contributed by atoms with Gasteiger partial charge < -0.3 is 10.6 Å². The molecule has 6 heteroatoms. The zero-order valence-electron chi connectivity index (χ0n) is 13.8. The average molecular weight is 326 g/mol. The van der Waals surface area contributed by atoms with Gasteiger partial charge in [0, 0.05) is 18.8 Å². The number of amides is 2. The zero-order chi connectivity index (χ0) is 17.1. The Labute approximate surface area is 141 Å².